The van der Waals surface area contributed by atoms with E-state index in [1.165, 1.54) is 0 Å². The molecule has 0 saturated carbocycles. The van der Waals surface area contributed by atoms with Crippen LogP contribution in [0, 0.1) is 0 Å². The van der Waals surface area contributed by atoms with E-state index in [4.69, 9.17) is 9.47 Å². The van der Waals surface area contributed by atoms with E-state index in [-0.39, 0.29) is 6.10 Å². The Labute approximate surface area is 114 Å². The Morgan fingerprint density at radius 3 is 2.63 bits per heavy atom. The Morgan fingerprint density at radius 2 is 2.00 bits per heavy atom. The summed E-state index contributed by atoms with van der Waals surface area (Å²) in [6.45, 7) is 6.82. The van der Waals surface area contributed by atoms with E-state index in [0.29, 0.717) is 5.56 Å². The third kappa shape index (κ3) is 4.65. The number of carbonyl (C=O) groups excluding carboxylic acids is 1. The summed E-state index contributed by atoms with van der Waals surface area (Å²) in [5.41, 5.74) is 0.674. The topological polar surface area (TPSA) is 38.8 Å². The van der Waals surface area contributed by atoms with Gasteiger partial charge in [-0.2, -0.15) is 0 Å². The lowest BCUT2D eigenvalue weighted by Crippen LogP contribution is -2.38. The fourth-order valence-corrected chi connectivity index (χ4v) is 2.11. The van der Waals surface area contributed by atoms with Gasteiger partial charge >= 0.3 is 0 Å². The summed E-state index contributed by atoms with van der Waals surface area (Å²) in [5.74, 6) is 0.820. The van der Waals surface area contributed by atoms with Crippen LogP contribution in [0.4, 0.5) is 0 Å². The predicted octanol–water partition coefficient (Wildman–Crippen LogP) is 1.99. The maximum absolute atomic E-state index is 10.6. The van der Waals surface area contributed by atoms with Gasteiger partial charge in [0.1, 0.15) is 12.0 Å². The maximum Gasteiger partial charge on any atom is 0.150 e. The first-order valence-electron chi connectivity index (χ1n) is 6.80. The van der Waals surface area contributed by atoms with Gasteiger partial charge in [-0.15, -0.1) is 0 Å². The first-order chi connectivity index (χ1) is 9.28. The Balaban J connectivity index is 1.73. The standard InChI is InChI=1S/C15H21NO3/c1-13(6-7-16-8-10-18-11-9-16)19-15-4-2-14(12-17)3-5-15/h2-5,12-13H,6-11H2,1H3. The van der Waals surface area contributed by atoms with E-state index in [1.54, 1.807) is 12.1 Å². The Morgan fingerprint density at radius 1 is 1.32 bits per heavy atom. The molecule has 1 aromatic rings. The molecule has 19 heavy (non-hydrogen) atoms. The number of carbonyl (C=O) groups is 1. The molecule has 1 aliphatic rings. The molecular formula is C15H21NO3. The Bertz CT molecular complexity index is 385. The van der Waals surface area contributed by atoms with Crippen LogP contribution in [0.25, 0.3) is 0 Å². The second-order valence-corrected chi connectivity index (χ2v) is 4.86. The molecule has 4 nitrogen and oxygen atoms in total. The highest BCUT2D eigenvalue weighted by Crippen LogP contribution is 2.14. The molecule has 1 aliphatic heterocycles. The molecule has 1 atom stereocenters. The van der Waals surface area contributed by atoms with Crippen molar-refractivity contribution < 1.29 is 14.3 Å². The lowest BCUT2D eigenvalue weighted by atomic mass is 10.2. The minimum Gasteiger partial charge on any atom is -0.491 e. The summed E-state index contributed by atoms with van der Waals surface area (Å²) in [6, 6.07) is 7.23. The van der Waals surface area contributed by atoms with Crippen LogP contribution in [0.1, 0.15) is 23.7 Å². The summed E-state index contributed by atoms with van der Waals surface area (Å²) in [4.78, 5) is 13.0. The molecule has 0 radical (unpaired) electrons. The van der Waals surface area contributed by atoms with Gasteiger partial charge in [0, 0.05) is 25.2 Å². The van der Waals surface area contributed by atoms with Crippen LogP contribution >= 0.6 is 0 Å². The molecule has 1 aromatic carbocycles. The van der Waals surface area contributed by atoms with Gasteiger partial charge in [-0.1, -0.05) is 0 Å². The van der Waals surface area contributed by atoms with Gasteiger partial charge in [-0.25, -0.2) is 0 Å². The van der Waals surface area contributed by atoms with E-state index in [0.717, 1.165) is 51.3 Å². The van der Waals surface area contributed by atoms with Crippen LogP contribution in [-0.2, 0) is 4.74 Å². The molecule has 104 valence electrons. The highest BCUT2D eigenvalue weighted by Gasteiger charge is 2.12. The van der Waals surface area contributed by atoms with Gasteiger partial charge in [0.05, 0.1) is 19.3 Å². The minimum atomic E-state index is 0.171. The van der Waals surface area contributed by atoms with E-state index < -0.39 is 0 Å². The molecular weight excluding hydrogens is 242 g/mol. The van der Waals surface area contributed by atoms with Crippen molar-refractivity contribution in [3.63, 3.8) is 0 Å². The van der Waals surface area contributed by atoms with Gasteiger partial charge in [0.15, 0.2) is 0 Å². The summed E-state index contributed by atoms with van der Waals surface area (Å²) < 4.78 is 11.2. The molecule has 1 fully saturated rings. The highest BCUT2D eigenvalue weighted by molar-refractivity contribution is 5.74. The number of aldehydes is 1. The summed E-state index contributed by atoms with van der Waals surface area (Å²) >= 11 is 0. The number of morpholine rings is 1. The van der Waals surface area contributed by atoms with Gasteiger partial charge in [0.2, 0.25) is 0 Å². The van der Waals surface area contributed by atoms with Crippen molar-refractivity contribution in [2.75, 3.05) is 32.8 Å². The molecule has 4 heteroatoms. The van der Waals surface area contributed by atoms with Crippen molar-refractivity contribution in [3.8, 4) is 5.75 Å². The molecule has 0 aliphatic carbocycles. The quantitative estimate of drug-likeness (QED) is 0.736. The van der Waals surface area contributed by atoms with Crippen LogP contribution in [0.3, 0.4) is 0 Å². The molecule has 0 amide bonds. The molecule has 0 spiro atoms. The monoisotopic (exact) mass is 263 g/mol. The number of benzene rings is 1. The zero-order valence-corrected chi connectivity index (χ0v) is 11.4. The molecule has 1 saturated heterocycles. The Hall–Kier alpha value is -1.39. The van der Waals surface area contributed by atoms with Crippen molar-refractivity contribution >= 4 is 6.29 Å². The van der Waals surface area contributed by atoms with Crippen LogP contribution in [0.15, 0.2) is 24.3 Å². The second kappa shape index (κ2) is 7.26. The number of hydrogen-bond donors (Lipinski definition) is 0. The van der Waals surface area contributed by atoms with Crippen LogP contribution < -0.4 is 4.74 Å². The van der Waals surface area contributed by atoms with Gasteiger partial charge in [0.25, 0.3) is 0 Å². The Kier molecular flexibility index (Phi) is 5.36. The predicted molar refractivity (Wildman–Crippen MR) is 73.8 cm³/mol. The largest absolute Gasteiger partial charge is 0.491 e. The summed E-state index contributed by atoms with van der Waals surface area (Å²) in [6.07, 6.45) is 2.01. The SMILES string of the molecule is CC(CCN1CCOCC1)Oc1ccc(C=O)cc1. The average Bonchev–Trinajstić information content (AvgIpc) is 2.47. The fourth-order valence-electron chi connectivity index (χ4n) is 2.11. The van der Waals surface area contributed by atoms with Gasteiger partial charge in [-0.05, 0) is 37.6 Å². The first-order valence-corrected chi connectivity index (χ1v) is 6.80. The van der Waals surface area contributed by atoms with Gasteiger partial charge in [-0.3, -0.25) is 9.69 Å². The minimum absolute atomic E-state index is 0.171. The highest BCUT2D eigenvalue weighted by atomic mass is 16.5. The van der Waals surface area contributed by atoms with E-state index in [1.807, 2.05) is 12.1 Å². The van der Waals surface area contributed by atoms with Crippen LogP contribution in [0.2, 0.25) is 0 Å². The average molecular weight is 263 g/mol. The van der Waals surface area contributed by atoms with E-state index in [2.05, 4.69) is 11.8 Å². The fraction of sp³-hybridized carbons (Fsp3) is 0.533. The number of nitrogens with zero attached hydrogens (tertiary/aromatic N) is 1. The van der Waals surface area contributed by atoms with Crippen molar-refractivity contribution in [1.82, 2.24) is 4.90 Å². The van der Waals surface area contributed by atoms with E-state index in [9.17, 15) is 4.79 Å². The van der Waals surface area contributed by atoms with Crippen LogP contribution in [0.5, 0.6) is 5.75 Å². The lowest BCUT2D eigenvalue weighted by Gasteiger charge is -2.27. The molecule has 0 N–H and O–H groups in total. The summed E-state index contributed by atoms with van der Waals surface area (Å²) in [5, 5.41) is 0. The zero-order valence-electron chi connectivity index (χ0n) is 11.4. The molecule has 1 unspecified atom stereocenters. The summed E-state index contributed by atoms with van der Waals surface area (Å²) in [7, 11) is 0. The maximum atomic E-state index is 10.6. The lowest BCUT2D eigenvalue weighted by molar-refractivity contribution is 0.0327. The van der Waals surface area contributed by atoms with Crippen molar-refractivity contribution in [2.24, 2.45) is 0 Å². The molecule has 0 aromatic heterocycles. The smallest absolute Gasteiger partial charge is 0.150 e. The van der Waals surface area contributed by atoms with E-state index >= 15 is 0 Å². The first kappa shape index (κ1) is 14.0. The van der Waals surface area contributed by atoms with Crippen LogP contribution in [-0.4, -0.2) is 50.1 Å². The third-order valence-corrected chi connectivity index (χ3v) is 3.31. The number of rotatable bonds is 6. The normalized spacial score (nSPS) is 17.9. The van der Waals surface area contributed by atoms with Crippen molar-refractivity contribution in [3.05, 3.63) is 29.8 Å². The van der Waals surface area contributed by atoms with Crippen molar-refractivity contribution in [2.45, 2.75) is 19.4 Å². The molecule has 1 heterocycles. The molecule has 0 bridgehead atoms. The number of ether oxygens (including phenoxy) is 2. The van der Waals surface area contributed by atoms with Crippen molar-refractivity contribution in [1.29, 1.82) is 0 Å². The number of hydrogen-bond acceptors (Lipinski definition) is 4. The third-order valence-electron chi connectivity index (χ3n) is 3.31. The molecule has 2 rings (SSSR count). The second-order valence-electron chi connectivity index (χ2n) is 4.86. The zero-order chi connectivity index (χ0) is 13.5. The van der Waals surface area contributed by atoms with Gasteiger partial charge < -0.3 is 9.47 Å².